The number of rotatable bonds is 10. The number of hydrogen-bond acceptors (Lipinski definition) is 9. The zero-order chi connectivity index (χ0) is 47.7. The van der Waals surface area contributed by atoms with Crippen molar-refractivity contribution in [3.8, 4) is 0 Å². The number of fused-ring (bicyclic) bond motifs is 4. The predicted molar refractivity (Wildman–Crippen MR) is 259 cm³/mol. The van der Waals surface area contributed by atoms with E-state index in [9.17, 15) is 24.0 Å². The van der Waals surface area contributed by atoms with Crippen LogP contribution < -0.4 is 27.0 Å². The molecule has 1 unspecified atom stereocenters. The minimum absolute atomic E-state index is 0.0407. The van der Waals surface area contributed by atoms with Gasteiger partial charge in [-0.05, 0) is 136 Å². The van der Waals surface area contributed by atoms with E-state index < -0.39 is 40.7 Å². The molecule has 10 rings (SSSR count). The average molecular weight is 971 g/mol. The van der Waals surface area contributed by atoms with E-state index in [4.69, 9.17) is 23.2 Å². The highest BCUT2D eigenvalue weighted by atomic mass is 35.5. The van der Waals surface area contributed by atoms with E-state index in [0.717, 1.165) is 107 Å². The standard InChI is InChI=1S/C51H62Cl2FN9O5/c1-49(2)17-19-50(20-18-49)51(35-12-9-32(52)28-36(35)57-47(51)67)41(34-16-21-55-44(53)42(34)54)43(59-50)46(66)56-33-10-6-31(7-11-33)29-62-25-23-61(24-26-62)22-4-5-30-8-13-37-39(27-30)60(3)48(68)63(37)38-14-15-40(64)58-45(38)65/h8-9,12-13,16,21,27-28,31,33,38,41,43,59H,4-7,10-11,14-15,17-20,22-26,29H2,1-3H3,(H,56,66)(H,57,67)(H,58,64,65)/t31-,33-,38?,41-,43+,51+/m0/s1. The number of piperidine rings is 1. The monoisotopic (exact) mass is 969 g/mol. The normalized spacial score (nSPS) is 28.3. The van der Waals surface area contributed by atoms with Crippen molar-refractivity contribution < 1.29 is 23.6 Å². The number of carbonyl (C=O) groups excluding carboxylic acids is 4. The number of piperazine rings is 1. The Balaban J connectivity index is 0.747. The Morgan fingerprint density at radius 1 is 0.882 bits per heavy atom. The van der Waals surface area contributed by atoms with Gasteiger partial charge in [-0.1, -0.05) is 49.2 Å². The molecule has 2 saturated carbocycles. The van der Waals surface area contributed by atoms with Crippen molar-refractivity contribution >= 4 is 63.6 Å². The number of nitrogens with zero attached hydrogens (tertiary/aromatic N) is 5. The number of pyridine rings is 1. The van der Waals surface area contributed by atoms with Crippen LogP contribution in [0, 0.1) is 17.2 Å². The highest BCUT2D eigenvalue weighted by Crippen LogP contribution is 2.64. The molecule has 17 heteroatoms. The molecule has 2 aliphatic carbocycles. The van der Waals surface area contributed by atoms with Crippen molar-refractivity contribution in [3.05, 3.63) is 91.8 Å². The SMILES string of the molecule is Cn1c(=O)n(C2CCC(=O)NC2=O)c2ccc(CCCN3CCN(C[C@H]4CC[C@H](NC(=O)[C@@H]5NC6(CCC(C)(C)CC6)[C@@]6(C(=O)Nc7cc(Cl)ccc76)[C@H]5c5ccnc(Cl)c5F)CC4)CC3)cc21. The molecule has 362 valence electrons. The first kappa shape index (κ1) is 47.0. The zero-order valence-corrected chi connectivity index (χ0v) is 40.7. The largest absolute Gasteiger partial charge is 0.352 e. The molecule has 2 aromatic heterocycles. The van der Waals surface area contributed by atoms with Gasteiger partial charge in [-0.15, -0.1) is 0 Å². The minimum Gasteiger partial charge on any atom is -0.352 e. The van der Waals surface area contributed by atoms with Crippen molar-refractivity contribution in [1.29, 1.82) is 0 Å². The van der Waals surface area contributed by atoms with Gasteiger partial charge in [0.05, 0.1) is 17.1 Å². The third kappa shape index (κ3) is 8.27. The van der Waals surface area contributed by atoms with Crippen LogP contribution in [0.3, 0.4) is 0 Å². The Kier molecular flexibility index (Phi) is 12.6. The first-order valence-corrected chi connectivity index (χ1v) is 25.3. The quantitative estimate of drug-likeness (QED) is 0.105. The Morgan fingerprint density at radius 3 is 2.35 bits per heavy atom. The number of aryl methyl sites for hydroxylation is 2. The van der Waals surface area contributed by atoms with E-state index in [0.29, 0.717) is 41.4 Å². The van der Waals surface area contributed by atoms with Crippen LogP contribution in [0.1, 0.15) is 113 Å². The average Bonchev–Trinajstić information content (AvgIpc) is 3.87. The fraction of sp³-hybridized carbons (Fsp3) is 0.569. The number of benzene rings is 2. The fourth-order valence-electron chi connectivity index (χ4n) is 13.0. The molecular weight excluding hydrogens is 909 g/mol. The van der Waals surface area contributed by atoms with E-state index in [1.165, 1.54) is 10.8 Å². The smallest absolute Gasteiger partial charge is 0.329 e. The first-order valence-electron chi connectivity index (χ1n) is 24.6. The number of amides is 4. The van der Waals surface area contributed by atoms with E-state index in [2.05, 4.69) is 49.9 Å². The van der Waals surface area contributed by atoms with Crippen LogP contribution in [0.25, 0.3) is 11.0 Å². The molecule has 0 radical (unpaired) electrons. The lowest BCUT2D eigenvalue weighted by Crippen LogP contribution is -2.61. The van der Waals surface area contributed by atoms with Crippen LogP contribution >= 0.6 is 23.2 Å². The van der Waals surface area contributed by atoms with Crippen molar-refractivity contribution in [2.45, 2.75) is 126 Å². The van der Waals surface area contributed by atoms with Gasteiger partial charge >= 0.3 is 5.69 Å². The summed E-state index contributed by atoms with van der Waals surface area (Å²) in [5, 5.41) is 12.8. The van der Waals surface area contributed by atoms with Crippen LogP contribution in [-0.4, -0.2) is 104 Å². The number of imide groups is 1. The van der Waals surface area contributed by atoms with Crippen LogP contribution in [0.4, 0.5) is 10.1 Å². The zero-order valence-electron chi connectivity index (χ0n) is 39.1. The minimum atomic E-state index is -1.31. The summed E-state index contributed by atoms with van der Waals surface area (Å²) in [6, 6.07) is 11.3. The molecule has 14 nitrogen and oxygen atoms in total. The van der Waals surface area contributed by atoms with Gasteiger partial charge in [0.1, 0.15) is 11.5 Å². The molecule has 4 atom stereocenters. The Bertz CT molecular complexity index is 2710. The summed E-state index contributed by atoms with van der Waals surface area (Å²) in [5.41, 5.74) is 1.77. The lowest BCUT2D eigenvalue weighted by atomic mass is 9.53. The van der Waals surface area contributed by atoms with E-state index in [-0.39, 0.29) is 52.0 Å². The van der Waals surface area contributed by atoms with Crippen molar-refractivity contribution in [2.24, 2.45) is 18.4 Å². The summed E-state index contributed by atoms with van der Waals surface area (Å²) >= 11 is 12.8. The summed E-state index contributed by atoms with van der Waals surface area (Å²) in [5.74, 6) is -2.32. The van der Waals surface area contributed by atoms with Gasteiger partial charge in [0.2, 0.25) is 23.6 Å². The van der Waals surface area contributed by atoms with Gasteiger partial charge in [0, 0.05) is 80.6 Å². The predicted octanol–water partition coefficient (Wildman–Crippen LogP) is 6.37. The molecule has 0 bridgehead atoms. The molecule has 4 amide bonds. The third-order valence-electron chi connectivity index (χ3n) is 16.7. The summed E-state index contributed by atoms with van der Waals surface area (Å²) < 4.78 is 19.5. The second-order valence-corrected chi connectivity index (χ2v) is 22.1. The molecule has 6 heterocycles. The lowest BCUT2D eigenvalue weighted by Gasteiger charge is -2.50. The Hall–Kier alpha value is -4.67. The third-order valence-corrected chi connectivity index (χ3v) is 17.2. The summed E-state index contributed by atoms with van der Waals surface area (Å²) in [6.45, 7) is 10.5. The highest BCUT2D eigenvalue weighted by Gasteiger charge is 2.73. The molecule has 6 aliphatic rings. The molecule has 5 fully saturated rings. The van der Waals surface area contributed by atoms with Crippen molar-refractivity contribution in [3.63, 3.8) is 0 Å². The van der Waals surface area contributed by atoms with Gasteiger partial charge in [0.15, 0.2) is 11.0 Å². The number of hydrogen-bond donors (Lipinski definition) is 4. The van der Waals surface area contributed by atoms with Gasteiger partial charge in [-0.2, -0.15) is 0 Å². The maximum atomic E-state index is 16.4. The molecule has 3 saturated heterocycles. The van der Waals surface area contributed by atoms with Crippen molar-refractivity contribution in [2.75, 3.05) is 44.6 Å². The van der Waals surface area contributed by atoms with Crippen LogP contribution in [0.5, 0.6) is 0 Å². The second kappa shape index (κ2) is 18.3. The maximum Gasteiger partial charge on any atom is 0.329 e. The molecule has 4 aliphatic heterocycles. The molecular formula is C51H62Cl2FN9O5. The van der Waals surface area contributed by atoms with E-state index in [1.807, 2.05) is 24.3 Å². The summed E-state index contributed by atoms with van der Waals surface area (Å²) in [6.07, 6.45) is 10.4. The van der Waals surface area contributed by atoms with E-state index in [1.54, 1.807) is 29.8 Å². The van der Waals surface area contributed by atoms with Crippen molar-refractivity contribution in [1.82, 2.24) is 39.9 Å². The number of anilines is 1. The van der Waals surface area contributed by atoms with Gasteiger partial charge in [0.25, 0.3) is 0 Å². The van der Waals surface area contributed by atoms with Crippen LogP contribution in [-0.2, 0) is 38.1 Å². The van der Waals surface area contributed by atoms with Gasteiger partial charge in [-0.3, -0.25) is 38.9 Å². The molecule has 68 heavy (non-hydrogen) atoms. The van der Waals surface area contributed by atoms with E-state index >= 15 is 4.39 Å². The van der Waals surface area contributed by atoms with Crippen LogP contribution in [0.2, 0.25) is 10.2 Å². The Morgan fingerprint density at radius 2 is 1.62 bits per heavy atom. The number of nitrogens with one attached hydrogen (secondary N) is 4. The highest BCUT2D eigenvalue weighted by molar-refractivity contribution is 6.31. The molecule has 4 aromatic rings. The second-order valence-electron chi connectivity index (χ2n) is 21.3. The first-order chi connectivity index (χ1) is 32.6. The number of imidazole rings is 1. The maximum absolute atomic E-state index is 16.4. The molecule has 2 spiro atoms. The number of aromatic nitrogens is 3. The number of halogens is 3. The molecule has 2 aromatic carbocycles. The molecule has 4 N–H and O–H groups in total. The summed E-state index contributed by atoms with van der Waals surface area (Å²) in [7, 11) is 1.73. The number of carbonyl (C=O) groups is 4. The van der Waals surface area contributed by atoms with Crippen LogP contribution in [0.15, 0.2) is 53.5 Å². The lowest BCUT2D eigenvalue weighted by molar-refractivity contribution is -0.136. The fourth-order valence-corrected chi connectivity index (χ4v) is 13.3. The van der Waals surface area contributed by atoms with Gasteiger partial charge < -0.3 is 20.4 Å². The Labute approximate surface area is 406 Å². The van der Waals surface area contributed by atoms with Gasteiger partial charge in [-0.25, -0.2) is 14.2 Å². The topological polar surface area (TPSA) is 163 Å². The summed E-state index contributed by atoms with van der Waals surface area (Å²) in [4.78, 5) is 76.3.